The zero-order valence-corrected chi connectivity index (χ0v) is 26.2. The summed E-state index contributed by atoms with van der Waals surface area (Å²) in [6.07, 6.45) is 14.9. The molecule has 0 amide bonds. The molecule has 2 fully saturated rings. The summed E-state index contributed by atoms with van der Waals surface area (Å²) in [6.45, 7) is 13.8. The first-order valence-corrected chi connectivity index (χ1v) is 16.2. The SMILES string of the molecule is COC1(O)C2C3=C(c4cc(C(C)(C)C)c5ccccc5c4C21)C1C(CC2C4C=CC(CC(C)C)=CC4C=CC21)N=C3C. The minimum absolute atomic E-state index is 0.00634. The first-order valence-electron chi connectivity index (χ1n) is 16.2. The fourth-order valence-corrected chi connectivity index (χ4v) is 9.89. The van der Waals surface area contributed by atoms with Crippen LogP contribution in [0.4, 0.5) is 0 Å². The van der Waals surface area contributed by atoms with Crippen LogP contribution in [0.1, 0.15) is 77.0 Å². The molecular weight excluding hydrogens is 514 g/mol. The van der Waals surface area contributed by atoms with E-state index in [-0.39, 0.29) is 23.3 Å². The number of hydrogen-bond donors (Lipinski definition) is 1. The largest absolute Gasteiger partial charge is 0.364 e. The lowest BCUT2D eigenvalue weighted by Gasteiger charge is -2.40. The first kappa shape index (κ1) is 26.8. The van der Waals surface area contributed by atoms with Crippen LogP contribution in [0.2, 0.25) is 0 Å². The second-order valence-electron chi connectivity index (χ2n) is 15.4. The van der Waals surface area contributed by atoms with E-state index in [4.69, 9.17) is 9.73 Å². The highest BCUT2D eigenvalue weighted by atomic mass is 16.6. The molecule has 42 heavy (non-hydrogen) atoms. The Balaban J connectivity index is 1.32. The molecule has 0 aromatic heterocycles. The van der Waals surface area contributed by atoms with Crippen LogP contribution in [-0.4, -0.2) is 29.8 Å². The molecule has 0 saturated heterocycles. The van der Waals surface area contributed by atoms with Gasteiger partial charge >= 0.3 is 0 Å². The molecule has 218 valence electrons. The molecule has 2 saturated carbocycles. The van der Waals surface area contributed by atoms with Crippen molar-refractivity contribution in [1.82, 2.24) is 0 Å². The highest BCUT2D eigenvalue weighted by Crippen LogP contribution is 2.70. The fourth-order valence-electron chi connectivity index (χ4n) is 9.89. The number of dihydropyridines is 1. The van der Waals surface area contributed by atoms with Crippen molar-refractivity contribution in [2.75, 3.05) is 7.11 Å². The predicted molar refractivity (Wildman–Crippen MR) is 173 cm³/mol. The van der Waals surface area contributed by atoms with E-state index in [2.05, 4.69) is 102 Å². The smallest absolute Gasteiger partial charge is 0.180 e. The molecule has 5 aliphatic carbocycles. The van der Waals surface area contributed by atoms with Gasteiger partial charge in [0.2, 0.25) is 0 Å². The van der Waals surface area contributed by atoms with Crippen molar-refractivity contribution < 1.29 is 9.84 Å². The maximum Gasteiger partial charge on any atom is 0.180 e. The standard InChI is InChI=1S/C39H45NO2/c1-20(2)16-22-12-14-24-23(17-22)13-15-27-28(24)19-31-34(27)35-29-18-30(38(4,5)6)25-10-8-9-11-26(25)33(29)37-36(39(37,41)42-7)32(35)21(3)40-31/h8-15,17-18,20,23-24,27-28,31,34,36-37,41H,16,19H2,1-7H3. The number of fused-ring (bicyclic) bond motifs is 13. The summed E-state index contributed by atoms with van der Waals surface area (Å²) in [5.74, 6) is 1.75. The molecule has 0 radical (unpaired) electrons. The maximum atomic E-state index is 12.0. The molecule has 3 nitrogen and oxygen atoms in total. The lowest BCUT2D eigenvalue weighted by molar-refractivity contribution is -0.113. The van der Waals surface area contributed by atoms with Gasteiger partial charge in [-0.05, 0) is 93.5 Å². The van der Waals surface area contributed by atoms with E-state index in [1.807, 2.05) is 0 Å². The van der Waals surface area contributed by atoms with Crippen molar-refractivity contribution in [3.63, 3.8) is 0 Å². The second kappa shape index (κ2) is 8.89. The summed E-state index contributed by atoms with van der Waals surface area (Å²) in [6, 6.07) is 11.6. The van der Waals surface area contributed by atoms with E-state index in [9.17, 15) is 5.11 Å². The van der Waals surface area contributed by atoms with Gasteiger partial charge in [0, 0.05) is 24.7 Å². The summed E-state index contributed by atoms with van der Waals surface area (Å²) in [5.41, 5.74) is 9.34. The Morgan fingerprint density at radius 2 is 1.79 bits per heavy atom. The highest BCUT2D eigenvalue weighted by molar-refractivity contribution is 6.11. The van der Waals surface area contributed by atoms with Crippen LogP contribution in [0.3, 0.4) is 0 Å². The lowest BCUT2D eigenvalue weighted by Crippen LogP contribution is -2.33. The summed E-state index contributed by atoms with van der Waals surface area (Å²) >= 11 is 0. The van der Waals surface area contributed by atoms with Gasteiger partial charge in [-0.15, -0.1) is 0 Å². The second-order valence-corrected chi connectivity index (χ2v) is 15.4. The van der Waals surface area contributed by atoms with E-state index in [1.54, 1.807) is 7.11 Å². The van der Waals surface area contributed by atoms with Crippen molar-refractivity contribution in [2.24, 2.45) is 46.4 Å². The Labute approximate surface area is 251 Å². The minimum Gasteiger partial charge on any atom is -0.364 e. The van der Waals surface area contributed by atoms with Crippen LogP contribution in [-0.2, 0) is 10.2 Å². The number of rotatable bonds is 3. The van der Waals surface area contributed by atoms with Crippen molar-refractivity contribution in [3.05, 3.63) is 88.5 Å². The number of allylic oxidation sites excluding steroid dienone is 6. The molecule has 8 rings (SSSR count). The van der Waals surface area contributed by atoms with Crippen molar-refractivity contribution in [1.29, 1.82) is 0 Å². The summed E-state index contributed by atoms with van der Waals surface area (Å²) in [4.78, 5) is 5.45. The molecule has 9 atom stereocenters. The zero-order valence-electron chi connectivity index (χ0n) is 26.2. The Morgan fingerprint density at radius 3 is 2.50 bits per heavy atom. The van der Waals surface area contributed by atoms with Gasteiger partial charge in [-0.2, -0.15) is 0 Å². The lowest BCUT2D eigenvalue weighted by atomic mass is 9.65. The quantitative estimate of drug-likeness (QED) is 0.303. The van der Waals surface area contributed by atoms with E-state index < -0.39 is 5.79 Å². The molecule has 1 aliphatic heterocycles. The Kier molecular flexibility index (Phi) is 5.68. The number of nitrogens with zero attached hydrogens (tertiary/aromatic N) is 1. The van der Waals surface area contributed by atoms with Gasteiger partial charge in [0.1, 0.15) is 0 Å². The molecule has 0 spiro atoms. The molecule has 1 N–H and O–H groups in total. The molecule has 2 aromatic carbocycles. The minimum atomic E-state index is -1.18. The summed E-state index contributed by atoms with van der Waals surface area (Å²) in [5, 5.41) is 14.5. The van der Waals surface area contributed by atoms with E-state index in [1.165, 1.54) is 44.2 Å². The number of aliphatic imine (C=N–C) groups is 1. The van der Waals surface area contributed by atoms with E-state index in [0.29, 0.717) is 35.5 Å². The summed E-state index contributed by atoms with van der Waals surface area (Å²) in [7, 11) is 1.67. The average molecular weight is 560 g/mol. The van der Waals surface area contributed by atoms with Crippen LogP contribution < -0.4 is 0 Å². The number of aliphatic hydroxyl groups is 1. The molecular formula is C39H45NO2. The van der Waals surface area contributed by atoms with Crippen molar-refractivity contribution in [2.45, 2.75) is 77.5 Å². The topological polar surface area (TPSA) is 41.8 Å². The van der Waals surface area contributed by atoms with Crippen LogP contribution in [0.25, 0.3) is 16.3 Å². The monoisotopic (exact) mass is 559 g/mol. The molecule has 0 bridgehead atoms. The Bertz CT molecular complexity index is 1660. The predicted octanol–water partition coefficient (Wildman–Crippen LogP) is 8.39. The van der Waals surface area contributed by atoms with Gasteiger partial charge in [0.05, 0.1) is 17.9 Å². The van der Waals surface area contributed by atoms with Crippen molar-refractivity contribution >= 4 is 22.1 Å². The number of benzene rings is 2. The third-order valence-electron chi connectivity index (χ3n) is 11.5. The Morgan fingerprint density at radius 1 is 1.02 bits per heavy atom. The van der Waals surface area contributed by atoms with Gasteiger partial charge in [-0.25, -0.2) is 0 Å². The van der Waals surface area contributed by atoms with Gasteiger partial charge < -0.3 is 9.84 Å². The number of ether oxygens (including phenoxy) is 1. The average Bonchev–Trinajstić information content (AvgIpc) is 3.38. The summed E-state index contributed by atoms with van der Waals surface area (Å²) < 4.78 is 5.96. The van der Waals surface area contributed by atoms with Crippen LogP contribution in [0, 0.1) is 41.4 Å². The van der Waals surface area contributed by atoms with Crippen LogP contribution >= 0.6 is 0 Å². The molecule has 9 unspecified atom stereocenters. The molecule has 3 heteroatoms. The number of hydrogen-bond acceptors (Lipinski definition) is 3. The van der Waals surface area contributed by atoms with E-state index in [0.717, 1.165) is 18.6 Å². The first-order chi connectivity index (χ1) is 20.0. The zero-order chi connectivity index (χ0) is 29.3. The van der Waals surface area contributed by atoms with E-state index >= 15 is 0 Å². The van der Waals surface area contributed by atoms with Gasteiger partial charge in [0.25, 0.3) is 0 Å². The fraction of sp³-hybridized carbons (Fsp3) is 0.513. The molecule has 1 heterocycles. The van der Waals surface area contributed by atoms with Gasteiger partial charge in [-0.3, -0.25) is 4.99 Å². The maximum absolute atomic E-state index is 12.0. The third-order valence-corrected chi connectivity index (χ3v) is 11.5. The normalized spacial score (nSPS) is 37.5. The van der Waals surface area contributed by atoms with Crippen LogP contribution in [0.5, 0.6) is 0 Å². The van der Waals surface area contributed by atoms with Gasteiger partial charge in [0.15, 0.2) is 5.79 Å². The molecule has 6 aliphatic rings. The molecule has 2 aromatic rings. The third kappa shape index (κ3) is 3.56. The Hall–Kier alpha value is -2.75. The highest BCUT2D eigenvalue weighted by Gasteiger charge is 2.71. The van der Waals surface area contributed by atoms with Gasteiger partial charge in [-0.1, -0.05) is 94.8 Å². The van der Waals surface area contributed by atoms with Crippen LogP contribution in [0.15, 0.2) is 76.9 Å². The van der Waals surface area contributed by atoms with Crippen molar-refractivity contribution in [3.8, 4) is 0 Å². The number of methoxy groups -OCH3 is 1.